The van der Waals surface area contributed by atoms with Gasteiger partial charge in [0, 0.05) is 13.1 Å². The smallest absolute Gasteiger partial charge is 0.243 e. The molecular weight excluding hydrogens is 484 g/mol. The van der Waals surface area contributed by atoms with Crippen molar-refractivity contribution in [1.82, 2.24) is 21.3 Å². The Balaban J connectivity index is 3.10. The Hall–Kier alpha value is -3.55. The third-order valence-electron chi connectivity index (χ3n) is 5.65. The van der Waals surface area contributed by atoms with Crippen LogP contribution in [0.25, 0.3) is 0 Å². The van der Waals surface area contributed by atoms with Gasteiger partial charge in [-0.3, -0.25) is 29.0 Å². The number of aliphatic imine (C=N–C) groups is 1. The third kappa shape index (κ3) is 13.9. The SMILES string of the molecule is NCCCC[C@@H]1NC(=O)CC(=O)CC(=O)NCCCC[C@@H](C=O)NC(=O)[C@H](CCCN=C(N)N)NC1=O. The van der Waals surface area contributed by atoms with E-state index in [0.29, 0.717) is 51.4 Å². The van der Waals surface area contributed by atoms with Crippen LogP contribution in [0.1, 0.15) is 64.2 Å². The predicted octanol–water partition coefficient (Wildman–Crippen LogP) is -2.53. The number of aldehydes is 1. The van der Waals surface area contributed by atoms with Gasteiger partial charge in [0.1, 0.15) is 18.4 Å². The number of Topliss-reactive ketones (excluding diaryl/α,β-unsaturated/α-hetero) is 1. The quantitative estimate of drug-likeness (QED) is 0.0552. The van der Waals surface area contributed by atoms with E-state index in [1.807, 2.05) is 0 Å². The molecule has 14 heteroatoms. The first kappa shape index (κ1) is 31.5. The number of rotatable bonds is 9. The van der Waals surface area contributed by atoms with Crippen LogP contribution in [0.15, 0.2) is 4.99 Å². The highest BCUT2D eigenvalue weighted by molar-refractivity contribution is 6.06. The average molecular weight is 525 g/mol. The number of nitrogens with zero attached hydrogens (tertiary/aromatic N) is 1. The summed E-state index contributed by atoms with van der Waals surface area (Å²) in [6.45, 7) is 0.896. The summed E-state index contributed by atoms with van der Waals surface area (Å²) in [6.07, 6.45) is 2.84. The molecule has 1 rings (SSSR count). The molecule has 1 aliphatic heterocycles. The molecule has 0 unspecified atom stereocenters. The highest BCUT2D eigenvalue weighted by Gasteiger charge is 2.28. The van der Waals surface area contributed by atoms with Crippen LogP contribution >= 0.6 is 0 Å². The Morgan fingerprint density at radius 1 is 0.865 bits per heavy atom. The number of unbranched alkanes of at least 4 members (excludes halogenated alkanes) is 1. The summed E-state index contributed by atoms with van der Waals surface area (Å²) in [5, 5.41) is 10.4. The highest BCUT2D eigenvalue weighted by Crippen LogP contribution is 2.07. The second-order valence-corrected chi connectivity index (χ2v) is 8.90. The van der Waals surface area contributed by atoms with E-state index in [-0.39, 0.29) is 31.9 Å². The number of amides is 4. The van der Waals surface area contributed by atoms with Crippen molar-refractivity contribution >= 4 is 41.7 Å². The molecule has 0 aromatic rings. The number of carbonyl (C=O) groups is 6. The fraction of sp³-hybridized carbons (Fsp3) is 0.696. The van der Waals surface area contributed by atoms with Crippen molar-refractivity contribution in [3.8, 4) is 0 Å². The maximum atomic E-state index is 13.1. The Bertz CT molecular complexity index is 830. The molecule has 14 nitrogen and oxygen atoms in total. The Morgan fingerprint density at radius 2 is 1.51 bits per heavy atom. The van der Waals surface area contributed by atoms with Crippen LogP contribution < -0.4 is 38.5 Å². The summed E-state index contributed by atoms with van der Waals surface area (Å²) in [5.41, 5.74) is 16.2. The summed E-state index contributed by atoms with van der Waals surface area (Å²) in [7, 11) is 0. The molecule has 4 amide bonds. The number of ketones is 1. The molecule has 0 spiro atoms. The number of carbonyl (C=O) groups excluding carboxylic acids is 6. The van der Waals surface area contributed by atoms with Gasteiger partial charge < -0.3 is 43.3 Å². The lowest BCUT2D eigenvalue weighted by molar-refractivity contribution is -0.135. The van der Waals surface area contributed by atoms with Crippen LogP contribution in [-0.4, -0.2) is 79.4 Å². The van der Waals surface area contributed by atoms with Gasteiger partial charge in [-0.05, 0) is 57.9 Å². The highest BCUT2D eigenvalue weighted by atomic mass is 16.2. The van der Waals surface area contributed by atoms with Crippen molar-refractivity contribution < 1.29 is 28.8 Å². The predicted molar refractivity (Wildman–Crippen MR) is 136 cm³/mol. The van der Waals surface area contributed by atoms with Crippen molar-refractivity contribution in [1.29, 1.82) is 0 Å². The molecule has 1 saturated heterocycles. The van der Waals surface area contributed by atoms with Crippen LogP contribution in [0.4, 0.5) is 0 Å². The van der Waals surface area contributed by atoms with E-state index in [9.17, 15) is 28.8 Å². The zero-order chi connectivity index (χ0) is 27.6. The number of nitrogens with one attached hydrogen (secondary N) is 4. The lowest BCUT2D eigenvalue weighted by atomic mass is 10.0. The van der Waals surface area contributed by atoms with Gasteiger partial charge >= 0.3 is 0 Å². The largest absolute Gasteiger partial charge is 0.370 e. The first-order chi connectivity index (χ1) is 17.7. The monoisotopic (exact) mass is 524 g/mol. The zero-order valence-corrected chi connectivity index (χ0v) is 21.1. The summed E-state index contributed by atoms with van der Waals surface area (Å²) >= 11 is 0. The standard InChI is InChI=1S/C23H40N8O6/c24-9-3-1-7-17-22(37)31-18(8-5-11-28-23(25)26)21(36)29-15(14-32)6-2-4-10-27-19(34)12-16(33)13-20(35)30-17/h14-15,17-18H,1-13,24H2,(H,27,34)(H,29,36)(H,30,35)(H,31,37)(H4,25,26,28)/t15-,17-,18-/m0/s1. The van der Waals surface area contributed by atoms with Crippen LogP contribution in [0.5, 0.6) is 0 Å². The number of hydrogen-bond acceptors (Lipinski definition) is 8. The molecule has 208 valence electrons. The molecule has 1 heterocycles. The fourth-order valence-electron chi connectivity index (χ4n) is 3.71. The molecule has 1 fully saturated rings. The molecule has 0 saturated carbocycles. The zero-order valence-electron chi connectivity index (χ0n) is 21.1. The maximum absolute atomic E-state index is 13.1. The molecular formula is C23H40N8O6. The number of hydrogen-bond donors (Lipinski definition) is 7. The van der Waals surface area contributed by atoms with Gasteiger partial charge in [-0.15, -0.1) is 0 Å². The van der Waals surface area contributed by atoms with E-state index < -0.39 is 60.4 Å². The molecule has 0 aromatic heterocycles. The minimum absolute atomic E-state index is 0.104. The maximum Gasteiger partial charge on any atom is 0.243 e. The van der Waals surface area contributed by atoms with E-state index in [1.165, 1.54) is 0 Å². The molecule has 1 aliphatic rings. The molecule has 0 bridgehead atoms. The van der Waals surface area contributed by atoms with E-state index in [4.69, 9.17) is 17.2 Å². The summed E-state index contributed by atoms with van der Waals surface area (Å²) in [5.74, 6) is -3.10. The van der Waals surface area contributed by atoms with Gasteiger partial charge in [-0.25, -0.2) is 0 Å². The molecule has 0 aromatic carbocycles. The van der Waals surface area contributed by atoms with Crippen LogP contribution in [-0.2, 0) is 28.8 Å². The summed E-state index contributed by atoms with van der Waals surface area (Å²) in [6, 6.07) is -2.84. The first-order valence-electron chi connectivity index (χ1n) is 12.6. The first-order valence-corrected chi connectivity index (χ1v) is 12.6. The molecule has 3 atom stereocenters. The van der Waals surface area contributed by atoms with E-state index in [2.05, 4.69) is 26.3 Å². The van der Waals surface area contributed by atoms with Gasteiger partial charge in [-0.1, -0.05) is 0 Å². The lowest BCUT2D eigenvalue weighted by Crippen LogP contribution is -2.55. The normalized spacial score (nSPS) is 22.9. The van der Waals surface area contributed by atoms with Gasteiger partial charge in [0.25, 0.3) is 0 Å². The Labute approximate surface area is 216 Å². The van der Waals surface area contributed by atoms with Crippen molar-refractivity contribution in [2.24, 2.45) is 22.2 Å². The van der Waals surface area contributed by atoms with Crippen LogP contribution in [0.2, 0.25) is 0 Å². The van der Waals surface area contributed by atoms with Gasteiger partial charge in [0.15, 0.2) is 11.7 Å². The van der Waals surface area contributed by atoms with Gasteiger partial charge in [-0.2, -0.15) is 0 Å². The van der Waals surface area contributed by atoms with Crippen molar-refractivity contribution in [3.05, 3.63) is 0 Å². The van der Waals surface area contributed by atoms with Crippen molar-refractivity contribution in [2.75, 3.05) is 19.6 Å². The fourth-order valence-corrected chi connectivity index (χ4v) is 3.71. The van der Waals surface area contributed by atoms with E-state index >= 15 is 0 Å². The molecule has 0 radical (unpaired) electrons. The Morgan fingerprint density at radius 3 is 2.19 bits per heavy atom. The second kappa shape index (κ2) is 17.8. The minimum atomic E-state index is -1.03. The van der Waals surface area contributed by atoms with Crippen LogP contribution in [0.3, 0.4) is 0 Å². The topological polar surface area (TPSA) is 241 Å². The third-order valence-corrected chi connectivity index (χ3v) is 5.65. The Kier molecular flexibility index (Phi) is 15.2. The summed E-state index contributed by atoms with van der Waals surface area (Å²) < 4.78 is 0. The van der Waals surface area contributed by atoms with Gasteiger partial charge in [0.05, 0.1) is 18.9 Å². The molecule has 37 heavy (non-hydrogen) atoms. The van der Waals surface area contributed by atoms with E-state index in [0.717, 1.165) is 0 Å². The average Bonchev–Trinajstić information content (AvgIpc) is 2.83. The van der Waals surface area contributed by atoms with E-state index in [1.54, 1.807) is 0 Å². The second-order valence-electron chi connectivity index (χ2n) is 8.90. The molecule has 0 aliphatic carbocycles. The van der Waals surface area contributed by atoms with Gasteiger partial charge in [0.2, 0.25) is 23.6 Å². The number of nitrogens with two attached hydrogens (primary N) is 3. The van der Waals surface area contributed by atoms with Crippen LogP contribution in [0, 0.1) is 0 Å². The van der Waals surface area contributed by atoms with Crippen molar-refractivity contribution in [2.45, 2.75) is 82.3 Å². The number of guanidine groups is 1. The van der Waals surface area contributed by atoms with Crippen molar-refractivity contribution in [3.63, 3.8) is 0 Å². The summed E-state index contributed by atoms with van der Waals surface area (Å²) in [4.78, 5) is 78.1. The molecule has 10 N–H and O–H groups in total. The minimum Gasteiger partial charge on any atom is -0.370 e. The lowest BCUT2D eigenvalue weighted by Gasteiger charge is -2.24.